The first kappa shape index (κ1) is 16.5. The zero-order chi connectivity index (χ0) is 14.3. The molecule has 0 spiro atoms. The van der Waals surface area contributed by atoms with Crippen molar-refractivity contribution in [3.05, 3.63) is 34.9 Å². The summed E-state index contributed by atoms with van der Waals surface area (Å²) in [7, 11) is 2.00. The lowest BCUT2D eigenvalue weighted by atomic mass is 9.84. The van der Waals surface area contributed by atoms with Gasteiger partial charge in [-0.1, -0.05) is 43.6 Å². The van der Waals surface area contributed by atoms with Crippen LogP contribution in [0.5, 0.6) is 0 Å². The first-order chi connectivity index (χ1) is 9.13. The Labute approximate surface area is 122 Å². The van der Waals surface area contributed by atoms with Crippen molar-refractivity contribution < 1.29 is 4.74 Å². The number of halogens is 1. The molecule has 0 radical (unpaired) electrons. The van der Waals surface area contributed by atoms with E-state index in [0.29, 0.717) is 0 Å². The molecule has 0 aliphatic carbocycles. The highest BCUT2D eigenvalue weighted by Gasteiger charge is 2.35. The van der Waals surface area contributed by atoms with Gasteiger partial charge < -0.3 is 10.1 Å². The molecule has 2 nitrogen and oxygen atoms in total. The normalized spacial score (nSPS) is 13.5. The predicted molar refractivity (Wildman–Crippen MR) is 82.9 cm³/mol. The summed E-state index contributed by atoms with van der Waals surface area (Å²) in [4.78, 5) is 0. The molecule has 0 saturated carbocycles. The summed E-state index contributed by atoms with van der Waals surface area (Å²) >= 11 is 6.27. The van der Waals surface area contributed by atoms with Crippen molar-refractivity contribution >= 4 is 11.6 Å². The zero-order valence-corrected chi connectivity index (χ0v) is 13.3. The second kappa shape index (κ2) is 7.88. The molecule has 0 amide bonds. The monoisotopic (exact) mass is 283 g/mol. The van der Waals surface area contributed by atoms with E-state index in [2.05, 4.69) is 32.2 Å². The van der Waals surface area contributed by atoms with Gasteiger partial charge in [0.05, 0.1) is 5.60 Å². The number of likely N-dealkylation sites (N-methyl/N-ethyl adjacent to an activating group) is 1. The smallest absolute Gasteiger partial charge is 0.0832 e. The largest absolute Gasteiger partial charge is 0.374 e. The Hall–Kier alpha value is -0.570. The van der Waals surface area contributed by atoms with Gasteiger partial charge in [-0.05, 0) is 44.9 Å². The van der Waals surface area contributed by atoms with Crippen LogP contribution in [-0.2, 0) is 11.2 Å². The predicted octanol–water partition coefficient (Wildman–Crippen LogP) is 4.07. The Balaban J connectivity index is 2.95. The van der Waals surface area contributed by atoms with Crippen LogP contribution in [-0.4, -0.2) is 25.3 Å². The molecule has 1 atom stereocenters. The summed E-state index contributed by atoms with van der Waals surface area (Å²) in [6.45, 7) is 7.18. The van der Waals surface area contributed by atoms with Gasteiger partial charge in [-0.2, -0.15) is 0 Å². The van der Waals surface area contributed by atoms with Gasteiger partial charge in [-0.15, -0.1) is 0 Å². The number of nitrogens with one attached hydrogen (secondary N) is 1. The van der Waals surface area contributed by atoms with Crippen LogP contribution in [0.1, 0.15) is 39.2 Å². The number of hydrogen-bond acceptors (Lipinski definition) is 2. The summed E-state index contributed by atoms with van der Waals surface area (Å²) in [5.41, 5.74) is 1.05. The molecule has 1 rings (SSSR count). The molecule has 0 aliphatic rings. The maximum Gasteiger partial charge on any atom is 0.0832 e. The molecule has 3 heteroatoms. The topological polar surface area (TPSA) is 21.3 Å². The van der Waals surface area contributed by atoms with Crippen molar-refractivity contribution in [2.75, 3.05) is 13.7 Å². The van der Waals surface area contributed by atoms with Crippen LogP contribution in [0.3, 0.4) is 0 Å². The lowest BCUT2D eigenvalue weighted by Gasteiger charge is -2.39. The molecular formula is C16H26ClNO. The SMILES string of the molecule is CCOC(CC)(CC)C(Cc1ccccc1Cl)NC. The van der Waals surface area contributed by atoms with E-state index < -0.39 is 0 Å². The molecule has 1 unspecified atom stereocenters. The maximum atomic E-state index is 6.27. The van der Waals surface area contributed by atoms with E-state index in [1.807, 2.05) is 25.2 Å². The van der Waals surface area contributed by atoms with Gasteiger partial charge in [0.2, 0.25) is 0 Å². The van der Waals surface area contributed by atoms with E-state index in [-0.39, 0.29) is 11.6 Å². The molecule has 19 heavy (non-hydrogen) atoms. The summed E-state index contributed by atoms with van der Waals surface area (Å²) in [5.74, 6) is 0. The average molecular weight is 284 g/mol. The fourth-order valence-electron chi connectivity index (χ4n) is 2.77. The van der Waals surface area contributed by atoms with Crippen molar-refractivity contribution in [2.45, 2.75) is 51.7 Å². The Morgan fingerprint density at radius 1 is 1.21 bits per heavy atom. The molecule has 1 N–H and O–H groups in total. The first-order valence-corrected chi connectivity index (χ1v) is 7.55. The molecule has 1 aromatic carbocycles. The summed E-state index contributed by atoms with van der Waals surface area (Å²) in [5, 5.41) is 4.26. The van der Waals surface area contributed by atoms with Gasteiger partial charge in [0, 0.05) is 17.7 Å². The molecule has 0 bridgehead atoms. The van der Waals surface area contributed by atoms with Crippen LogP contribution >= 0.6 is 11.6 Å². The van der Waals surface area contributed by atoms with Crippen LogP contribution in [0.2, 0.25) is 5.02 Å². The van der Waals surface area contributed by atoms with Crippen molar-refractivity contribution in [3.63, 3.8) is 0 Å². The fourth-order valence-corrected chi connectivity index (χ4v) is 2.98. The Morgan fingerprint density at radius 3 is 2.32 bits per heavy atom. The molecular weight excluding hydrogens is 258 g/mol. The van der Waals surface area contributed by atoms with Gasteiger partial charge in [0.15, 0.2) is 0 Å². The lowest BCUT2D eigenvalue weighted by Crippen LogP contribution is -2.52. The molecule has 0 saturated heterocycles. The number of benzene rings is 1. The second-order valence-electron chi connectivity index (χ2n) is 4.84. The van der Waals surface area contributed by atoms with Gasteiger partial charge in [0.25, 0.3) is 0 Å². The van der Waals surface area contributed by atoms with E-state index in [4.69, 9.17) is 16.3 Å². The van der Waals surface area contributed by atoms with Crippen molar-refractivity contribution in [3.8, 4) is 0 Å². The maximum absolute atomic E-state index is 6.27. The van der Waals surface area contributed by atoms with Crippen LogP contribution < -0.4 is 5.32 Å². The molecule has 0 aromatic heterocycles. The Morgan fingerprint density at radius 2 is 1.84 bits per heavy atom. The van der Waals surface area contributed by atoms with Gasteiger partial charge in [-0.3, -0.25) is 0 Å². The Kier molecular flexibility index (Phi) is 6.84. The van der Waals surface area contributed by atoms with E-state index in [1.165, 1.54) is 5.56 Å². The highest BCUT2D eigenvalue weighted by atomic mass is 35.5. The summed E-state index contributed by atoms with van der Waals surface area (Å²) in [6.07, 6.45) is 2.87. The quantitative estimate of drug-likeness (QED) is 0.777. The third-order valence-corrected chi connectivity index (χ3v) is 4.36. The zero-order valence-electron chi connectivity index (χ0n) is 12.5. The minimum Gasteiger partial charge on any atom is -0.374 e. The molecule has 0 aliphatic heterocycles. The second-order valence-corrected chi connectivity index (χ2v) is 5.25. The minimum absolute atomic E-state index is 0.122. The molecule has 0 fully saturated rings. The van der Waals surface area contributed by atoms with Crippen LogP contribution in [0.15, 0.2) is 24.3 Å². The van der Waals surface area contributed by atoms with Crippen molar-refractivity contribution in [1.82, 2.24) is 5.32 Å². The molecule has 1 aromatic rings. The van der Waals surface area contributed by atoms with Gasteiger partial charge in [-0.25, -0.2) is 0 Å². The fraction of sp³-hybridized carbons (Fsp3) is 0.625. The summed E-state index contributed by atoms with van der Waals surface area (Å²) in [6, 6.07) is 8.31. The van der Waals surface area contributed by atoms with Crippen LogP contribution in [0.4, 0.5) is 0 Å². The van der Waals surface area contributed by atoms with Gasteiger partial charge in [0.1, 0.15) is 0 Å². The Bertz CT molecular complexity index is 377. The van der Waals surface area contributed by atoms with Crippen LogP contribution in [0.25, 0.3) is 0 Å². The average Bonchev–Trinajstić information content (AvgIpc) is 2.44. The third-order valence-electron chi connectivity index (χ3n) is 3.99. The van der Waals surface area contributed by atoms with E-state index in [0.717, 1.165) is 30.9 Å². The van der Waals surface area contributed by atoms with E-state index in [1.54, 1.807) is 0 Å². The molecule has 0 heterocycles. The van der Waals surface area contributed by atoms with Crippen LogP contribution in [0, 0.1) is 0 Å². The number of ether oxygens (including phenoxy) is 1. The highest BCUT2D eigenvalue weighted by molar-refractivity contribution is 6.31. The number of rotatable bonds is 8. The highest BCUT2D eigenvalue weighted by Crippen LogP contribution is 2.29. The lowest BCUT2D eigenvalue weighted by molar-refractivity contribution is -0.0703. The standard InChI is InChI=1S/C16H26ClNO/c1-5-16(6-2,19-7-3)15(18-4)12-13-10-8-9-11-14(13)17/h8-11,15,18H,5-7,12H2,1-4H3. The van der Waals surface area contributed by atoms with Crippen molar-refractivity contribution in [2.24, 2.45) is 0 Å². The molecule has 108 valence electrons. The van der Waals surface area contributed by atoms with E-state index in [9.17, 15) is 0 Å². The third kappa shape index (κ3) is 3.95. The summed E-state index contributed by atoms with van der Waals surface area (Å²) < 4.78 is 6.09. The first-order valence-electron chi connectivity index (χ1n) is 7.18. The van der Waals surface area contributed by atoms with E-state index >= 15 is 0 Å². The van der Waals surface area contributed by atoms with Gasteiger partial charge >= 0.3 is 0 Å². The number of hydrogen-bond donors (Lipinski definition) is 1. The minimum atomic E-state index is -0.122. The van der Waals surface area contributed by atoms with Crippen molar-refractivity contribution in [1.29, 1.82) is 0 Å².